The first-order valence-corrected chi connectivity index (χ1v) is 7.49. The van der Waals surface area contributed by atoms with Gasteiger partial charge in [0.15, 0.2) is 0 Å². The van der Waals surface area contributed by atoms with Crippen LogP contribution in [0.15, 0.2) is 11.0 Å². The van der Waals surface area contributed by atoms with Crippen LogP contribution in [0.1, 0.15) is 45.6 Å². The molecule has 112 valence electrons. The molecule has 1 aliphatic rings. The lowest BCUT2D eigenvalue weighted by Crippen LogP contribution is -2.32. The van der Waals surface area contributed by atoms with Gasteiger partial charge >= 0.3 is 0 Å². The van der Waals surface area contributed by atoms with Crippen LogP contribution < -0.4 is 10.9 Å². The molecule has 0 unspecified atom stereocenters. The maximum Gasteiger partial charge on any atom is 0.287 e. The molecule has 0 saturated heterocycles. The highest BCUT2D eigenvalue weighted by atomic mass is 35.5. The fourth-order valence-electron chi connectivity index (χ4n) is 2.73. The maximum atomic E-state index is 12.1. The van der Waals surface area contributed by atoms with E-state index in [-0.39, 0.29) is 28.6 Å². The number of nitrogens with one attached hydrogen (secondary N) is 1. The predicted octanol–water partition coefficient (Wildman–Crippen LogP) is 2.44. The molecular weight excluding hydrogens is 278 g/mol. The van der Waals surface area contributed by atoms with Gasteiger partial charge in [-0.05, 0) is 26.7 Å². The Bertz CT molecular complexity index is 522. The summed E-state index contributed by atoms with van der Waals surface area (Å²) in [7, 11) is 0. The van der Waals surface area contributed by atoms with Gasteiger partial charge in [-0.2, -0.15) is 5.10 Å². The Balaban J connectivity index is 2.14. The second-order valence-electron chi connectivity index (χ2n) is 5.93. The molecule has 1 heterocycles. The average molecular weight is 300 g/mol. The van der Waals surface area contributed by atoms with Gasteiger partial charge in [0.25, 0.3) is 5.56 Å². The Kier molecular flexibility index (Phi) is 4.70. The highest BCUT2D eigenvalue weighted by Crippen LogP contribution is 2.37. The van der Waals surface area contributed by atoms with Crippen molar-refractivity contribution in [2.75, 3.05) is 18.5 Å². The highest BCUT2D eigenvalue weighted by Gasteiger charge is 2.33. The quantitative estimate of drug-likeness (QED) is 0.876. The molecule has 2 rings (SSSR count). The predicted molar refractivity (Wildman–Crippen MR) is 80.4 cm³/mol. The standard InChI is InChI=1S/C14H22ClN3O2/c1-10(2)18-13(20)12(15)11(7-17-18)16-8-14(9-19)5-3-4-6-14/h7,10,16,19H,3-6,8-9H2,1-2H3. The Morgan fingerprint density at radius 2 is 2.15 bits per heavy atom. The van der Waals surface area contributed by atoms with Crippen molar-refractivity contribution in [3.8, 4) is 0 Å². The molecule has 1 aromatic heterocycles. The minimum absolute atomic E-state index is 0.0207. The molecule has 0 spiro atoms. The van der Waals surface area contributed by atoms with Gasteiger partial charge in [0.2, 0.25) is 0 Å². The van der Waals surface area contributed by atoms with E-state index in [0.29, 0.717) is 12.2 Å². The topological polar surface area (TPSA) is 67.2 Å². The van der Waals surface area contributed by atoms with Crippen LogP contribution in [0.5, 0.6) is 0 Å². The zero-order chi connectivity index (χ0) is 14.8. The van der Waals surface area contributed by atoms with Crippen molar-refractivity contribution >= 4 is 17.3 Å². The van der Waals surface area contributed by atoms with E-state index in [0.717, 1.165) is 25.7 Å². The maximum absolute atomic E-state index is 12.1. The fraction of sp³-hybridized carbons (Fsp3) is 0.714. The number of aromatic nitrogens is 2. The Morgan fingerprint density at radius 1 is 1.50 bits per heavy atom. The van der Waals surface area contributed by atoms with Crippen LogP contribution in [0.25, 0.3) is 0 Å². The van der Waals surface area contributed by atoms with Gasteiger partial charge in [0.05, 0.1) is 24.5 Å². The first-order valence-electron chi connectivity index (χ1n) is 7.11. The van der Waals surface area contributed by atoms with Gasteiger partial charge in [-0.1, -0.05) is 24.4 Å². The lowest BCUT2D eigenvalue weighted by atomic mass is 9.87. The zero-order valence-electron chi connectivity index (χ0n) is 12.0. The zero-order valence-corrected chi connectivity index (χ0v) is 12.8. The second kappa shape index (κ2) is 6.14. The molecule has 5 nitrogen and oxygen atoms in total. The third-order valence-corrected chi connectivity index (χ3v) is 4.45. The van der Waals surface area contributed by atoms with Crippen LogP contribution in [-0.4, -0.2) is 28.0 Å². The average Bonchev–Trinajstić information content (AvgIpc) is 2.89. The summed E-state index contributed by atoms with van der Waals surface area (Å²) in [6, 6.07) is -0.0207. The molecule has 0 aromatic carbocycles. The van der Waals surface area contributed by atoms with Crippen molar-refractivity contribution in [1.82, 2.24) is 9.78 Å². The monoisotopic (exact) mass is 299 g/mol. The number of aliphatic hydroxyl groups excluding tert-OH is 1. The molecule has 1 aliphatic carbocycles. The number of halogens is 1. The SMILES string of the molecule is CC(C)n1ncc(NCC2(CO)CCCC2)c(Cl)c1=O. The molecule has 0 bridgehead atoms. The van der Waals surface area contributed by atoms with Crippen molar-refractivity contribution in [2.24, 2.45) is 5.41 Å². The number of rotatable bonds is 5. The summed E-state index contributed by atoms with van der Waals surface area (Å²) in [5, 5.41) is 17.1. The lowest BCUT2D eigenvalue weighted by molar-refractivity contribution is 0.142. The summed E-state index contributed by atoms with van der Waals surface area (Å²) in [5.41, 5.74) is 0.181. The molecular formula is C14H22ClN3O2. The number of nitrogens with zero attached hydrogens (tertiary/aromatic N) is 2. The molecule has 20 heavy (non-hydrogen) atoms. The molecule has 1 saturated carbocycles. The van der Waals surface area contributed by atoms with E-state index in [1.54, 1.807) is 6.20 Å². The van der Waals surface area contributed by atoms with Crippen molar-refractivity contribution < 1.29 is 5.11 Å². The van der Waals surface area contributed by atoms with Gasteiger partial charge in [0, 0.05) is 12.0 Å². The molecule has 2 N–H and O–H groups in total. The van der Waals surface area contributed by atoms with Crippen LogP contribution in [0.2, 0.25) is 5.02 Å². The molecule has 6 heteroatoms. The molecule has 0 radical (unpaired) electrons. The first kappa shape index (κ1) is 15.3. The minimum Gasteiger partial charge on any atom is -0.396 e. The molecule has 0 aliphatic heterocycles. The summed E-state index contributed by atoms with van der Waals surface area (Å²) in [6.45, 7) is 4.55. The summed E-state index contributed by atoms with van der Waals surface area (Å²) in [6.07, 6.45) is 5.88. The van der Waals surface area contributed by atoms with Crippen LogP contribution in [0.3, 0.4) is 0 Å². The summed E-state index contributed by atoms with van der Waals surface area (Å²) in [5.74, 6) is 0. The van der Waals surface area contributed by atoms with Crippen LogP contribution >= 0.6 is 11.6 Å². The second-order valence-corrected chi connectivity index (χ2v) is 6.31. The first-order chi connectivity index (χ1) is 9.49. The van der Waals surface area contributed by atoms with E-state index < -0.39 is 0 Å². The minimum atomic E-state index is -0.281. The normalized spacial score (nSPS) is 17.6. The van der Waals surface area contributed by atoms with Gasteiger partial charge in [-0.15, -0.1) is 0 Å². The molecule has 1 fully saturated rings. The Hall–Kier alpha value is -1.07. The van der Waals surface area contributed by atoms with E-state index in [2.05, 4.69) is 10.4 Å². The third-order valence-electron chi connectivity index (χ3n) is 4.09. The Morgan fingerprint density at radius 3 is 2.70 bits per heavy atom. The third kappa shape index (κ3) is 2.99. The van der Waals surface area contributed by atoms with Crippen molar-refractivity contribution in [3.63, 3.8) is 0 Å². The van der Waals surface area contributed by atoms with Crippen LogP contribution in [0.4, 0.5) is 5.69 Å². The summed E-state index contributed by atoms with van der Waals surface area (Å²) < 4.78 is 1.37. The van der Waals surface area contributed by atoms with E-state index in [1.165, 1.54) is 4.68 Å². The van der Waals surface area contributed by atoms with Gasteiger partial charge < -0.3 is 10.4 Å². The molecule has 0 atom stereocenters. The molecule has 0 amide bonds. The van der Waals surface area contributed by atoms with Crippen LogP contribution in [-0.2, 0) is 0 Å². The van der Waals surface area contributed by atoms with E-state index >= 15 is 0 Å². The van der Waals surface area contributed by atoms with Gasteiger partial charge in [-0.25, -0.2) is 4.68 Å². The van der Waals surface area contributed by atoms with Gasteiger partial charge in [0.1, 0.15) is 5.02 Å². The lowest BCUT2D eigenvalue weighted by Gasteiger charge is -2.27. The van der Waals surface area contributed by atoms with Crippen molar-refractivity contribution in [3.05, 3.63) is 21.6 Å². The summed E-state index contributed by atoms with van der Waals surface area (Å²) in [4.78, 5) is 12.1. The fourth-order valence-corrected chi connectivity index (χ4v) is 2.94. The van der Waals surface area contributed by atoms with Gasteiger partial charge in [-0.3, -0.25) is 4.79 Å². The van der Waals surface area contributed by atoms with E-state index in [4.69, 9.17) is 11.6 Å². The van der Waals surface area contributed by atoms with E-state index in [1.807, 2.05) is 13.8 Å². The Labute approximate surface area is 124 Å². The number of aliphatic hydroxyl groups is 1. The largest absolute Gasteiger partial charge is 0.396 e. The number of anilines is 1. The number of hydrogen-bond donors (Lipinski definition) is 2. The highest BCUT2D eigenvalue weighted by molar-refractivity contribution is 6.32. The van der Waals surface area contributed by atoms with Crippen molar-refractivity contribution in [1.29, 1.82) is 0 Å². The van der Waals surface area contributed by atoms with Crippen LogP contribution in [0, 0.1) is 5.41 Å². The number of hydrogen-bond acceptors (Lipinski definition) is 4. The molecule has 1 aromatic rings. The van der Waals surface area contributed by atoms with E-state index in [9.17, 15) is 9.90 Å². The van der Waals surface area contributed by atoms with Crippen molar-refractivity contribution in [2.45, 2.75) is 45.6 Å². The smallest absolute Gasteiger partial charge is 0.287 e. The summed E-state index contributed by atoms with van der Waals surface area (Å²) >= 11 is 6.12.